The quantitative estimate of drug-likeness (QED) is 0.0325. The van der Waals surface area contributed by atoms with Crippen LogP contribution in [0, 0.1) is 0 Å². The zero-order valence-electron chi connectivity index (χ0n) is 37.5. The molecular weight excluding hydrogens is 707 g/mol. The number of ether oxygens (including phenoxy) is 1. The smallest absolute Gasteiger partial charge is 0.306 e. The summed E-state index contributed by atoms with van der Waals surface area (Å²) in [5, 5.41) is 23.6. The van der Waals surface area contributed by atoms with E-state index in [1.807, 2.05) is 12.2 Å². The number of nitrogens with one attached hydrogen (secondary N) is 1. The molecule has 0 aromatic rings. The van der Waals surface area contributed by atoms with Crippen LogP contribution < -0.4 is 5.32 Å². The second-order valence-corrected chi connectivity index (χ2v) is 16.2. The Hall–Kier alpha value is -2.44. The van der Waals surface area contributed by atoms with E-state index in [-0.39, 0.29) is 24.9 Å². The van der Waals surface area contributed by atoms with Crippen molar-refractivity contribution in [1.29, 1.82) is 0 Å². The number of aliphatic hydroxyl groups is 2. The third-order valence-corrected chi connectivity index (χ3v) is 10.6. The van der Waals surface area contributed by atoms with E-state index >= 15 is 0 Å². The summed E-state index contributed by atoms with van der Waals surface area (Å²) in [5.41, 5.74) is 0. The van der Waals surface area contributed by atoms with Crippen molar-refractivity contribution >= 4 is 11.9 Å². The minimum Gasteiger partial charge on any atom is -0.461 e. The maximum absolute atomic E-state index is 13.1. The van der Waals surface area contributed by atoms with Gasteiger partial charge in [-0.25, -0.2) is 0 Å². The molecule has 0 aliphatic rings. The Morgan fingerprint density at radius 2 is 0.930 bits per heavy atom. The zero-order chi connectivity index (χ0) is 41.7. The Balaban J connectivity index is 4.77. The van der Waals surface area contributed by atoms with Gasteiger partial charge >= 0.3 is 5.97 Å². The summed E-state index contributed by atoms with van der Waals surface area (Å²) in [6.07, 6.45) is 54.3. The second-order valence-electron chi connectivity index (χ2n) is 16.2. The van der Waals surface area contributed by atoms with Gasteiger partial charge in [0.05, 0.1) is 25.2 Å². The number of hydrogen-bond acceptors (Lipinski definition) is 5. The summed E-state index contributed by atoms with van der Waals surface area (Å²) >= 11 is 0. The maximum Gasteiger partial charge on any atom is 0.306 e. The molecule has 0 aromatic carbocycles. The van der Waals surface area contributed by atoms with Crippen molar-refractivity contribution in [2.24, 2.45) is 0 Å². The van der Waals surface area contributed by atoms with Crippen LogP contribution in [0.2, 0.25) is 0 Å². The van der Waals surface area contributed by atoms with Crippen LogP contribution in [0.1, 0.15) is 226 Å². The third-order valence-electron chi connectivity index (χ3n) is 10.6. The molecule has 0 saturated heterocycles. The van der Waals surface area contributed by atoms with Gasteiger partial charge < -0.3 is 20.3 Å². The van der Waals surface area contributed by atoms with E-state index in [0.29, 0.717) is 19.3 Å². The van der Waals surface area contributed by atoms with Gasteiger partial charge in [-0.1, -0.05) is 197 Å². The van der Waals surface area contributed by atoms with Crippen LogP contribution >= 0.6 is 0 Å². The molecule has 0 fully saturated rings. The van der Waals surface area contributed by atoms with E-state index in [2.05, 4.69) is 74.7 Å². The standard InChI is InChI=1S/C51H91NO5/c1-4-7-10-13-16-19-22-24-25-26-28-30-33-36-39-42-47(57-51(56)44-41-38-35-32-29-23-20-17-14-11-8-5-2)45-50(55)52-48(46-53)49(54)43-40-37-34-31-27-21-18-15-12-9-6-3/h16-17,19-20,24-25,28,30,36,39,47-49,53-54H,4-15,18,21-23,26-27,29,31-35,37-38,40-46H2,1-3H3,(H,52,55)/b19-16-,20-17-,25-24-,30-28-,39-36-. The molecule has 0 heterocycles. The van der Waals surface area contributed by atoms with Crippen LogP contribution in [0.15, 0.2) is 60.8 Å². The van der Waals surface area contributed by atoms with E-state index in [0.717, 1.165) is 64.2 Å². The van der Waals surface area contributed by atoms with Crippen molar-refractivity contribution < 1.29 is 24.5 Å². The van der Waals surface area contributed by atoms with E-state index in [4.69, 9.17) is 4.74 Å². The summed E-state index contributed by atoms with van der Waals surface area (Å²) in [6.45, 7) is 6.38. The number of hydrogen-bond donors (Lipinski definition) is 3. The Morgan fingerprint density at radius 3 is 1.46 bits per heavy atom. The fourth-order valence-electron chi connectivity index (χ4n) is 6.87. The van der Waals surface area contributed by atoms with E-state index < -0.39 is 18.2 Å². The molecule has 6 nitrogen and oxygen atoms in total. The highest BCUT2D eigenvalue weighted by molar-refractivity contribution is 5.77. The molecular formula is C51H91NO5. The first kappa shape index (κ1) is 54.6. The van der Waals surface area contributed by atoms with Crippen molar-refractivity contribution in [2.45, 2.75) is 244 Å². The number of unbranched alkanes of at least 4 members (excludes halogenated alkanes) is 21. The topological polar surface area (TPSA) is 95.9 Å². The molecule has 0 spiro atoms. The number of aliphatic hydroxyl groups excluding tert-OH is 2. The first-order chi connectivity index (χ1) is 28.0. The van der Waals surface area contributed by atoms with E-state index in [1.54, 1.807) is 0 Å². The molecule has 0 bridgehead atoms. The summed E-state index contributed by atoms with van der Waals surface area (Å²) in [7, 11) is 0. The van der Waals surface area contributed by atoms with E-state index in [9.17, 15) is 19.8 Å². The number of allylic oxidation sites excluding steroid dienone is 9. The Labute approximate surface area is 352 Å². The third kappa shape index (κ3) is 40.1. The molecule has 57 heavy (non-hydrogen) atoms. The van der Waals surface area contributed by atoms with Gasteiger partial charge in [0, 0.05) is 12.8 Å². The molecule has 0 saturated carbocycles. The highest BCUT2D eigenvalue weighted by Gasteiger charge is 2.23. The summed E-state index contributed by atoms with van der Waals surface area (Å²) in [5.74, 6) is -0.589. The zero-order valence-corrected chi connectivity index (χ0v) is 37.5. The molecule has 1 amide bonds. The largest absolute Gasteiger partial charge is 0.461 e. The van der Waals surface area contributed by atoms with Gasteiger partial charge in [0.25, 0.3) is 0 Å². The lowest BCUT2D eigenvalue weighted by Gasteiger charge is -2.24. The molecule has 330 valence electrons. The highest BCUT2D eigenvalue weighted by Crippen LogP contribution is 2.15. The van der Waals surface area contributed by atoms with Gasteiger partial charge in [-0.05, 0) is 70.6 Å². The van der Waals surface area contributed by atoms with Crippen LogP contribution in [0.25, 0.3) is 0 Å². The lowest BCUT2D eigenvalue weighted by molar-refractivity contribution is -0.150. The van der Waals surface area contributed by atoms with Crippen molar-refractivity contribution in [1.82, 2.24) is 5.32 Å². The second kappa shape index (κ2) is 44.7. The molecule has 3 unspecified atom stereocenters. The predicted octanol–water partition coefficient (Wildman–Crippen LogP) is 14.1. The first-order valence-electron chi connectivity index (χ1n) is 24.0. The molecule has 0 aromatic heterocycles. The summed E-state index contributed by atoms with van der Waals surface area (Å²) in [6, 6.07) is -0.731. The molecule has 0 aliphatic heterocycles. The molecule has 0 aliphatic carbocycles. The van der Waals surface area contributed by atoms with E-state index in [1.165, 1.54) is 116 Å². The monoisotopic (exact) mass is 798 g/mol. The fraction of sp³-hybridized carbons (Fsp3) is 0.765. The Morgan fingerprint density at radius 1 is 0.526 bits per heavy atom. The van der Waals surface area contributed by atoms with Gasteiger partial charge in [-0.15, -0.1) is 0 Å². The molecule has 0 rings (SSSR count). The van der Waals surface area contributed by atoms with Gasteiger partial charge in [0.2, 0.25) is 5.91 Å². The summed E-state index contributed by atoms with van der Waals surface area (Å²) < 4.78 is 5.84. The van der Waals surface area contributed by atoms with Crippen LogP contribution in [-0.2, 0) is 14.3 Å². The van der Waals surface area contributed by atoms with Crippen molar-refractivity contribution in [3.05, 3.63) is 60.8 Å². The van der Waals surface area contributed by atoms with Crippen LogP contribution in [-0.4, -0.2) is 46.9 Å². The number of esters is 1. The number of amides is 1. The Bertz CT molecular complexity index is 1030. The predicted molar refractivity (Wildman–Crippen MR) is 245 cm³/mol. The minimum absolute atomic E-state index is 0.00259. The lowest BCUT2D eigenvalue weighted by Crippen LogP contribution is -2.46. The van der Waals surface area contributed by atoms with Crippen molar-refractivity contribution in [3.8, 4) is 0 Å². The highest BCUT2D eigenvalue weighted by atomic mass is 16.5. The number of rotatable bonds is 42. The lowest BCUT2D eigenvalue weighted by atomic mass is 10.0. The Kier molecular flexibility index (Phi) is 42.7. The van der Waals surface area contributed by atoms with Crippen molar-refractivity contribution in [2.75, 3.05) is 6.61 Å². The molecule has 3 atom stereocenters. The fourth-order valence-corrected chi connectivity index (χ4v) is 6.87. The average Bonchev–Trinajstić information content (AvgIpc) is 3.20. The SMILES string of the molecule is CCCCC/C=C\C/C=C\C/C=C\C/C=C\CC(CC(=O)NC(CO)C(O)CCCCCCCCCCCCC)OC(=O)CCCCCCC/C=C\CCCCC. The number of carbonyl (C=O) groups is 2. The average molecular weight is 798 g/mol. The van der Waals surface area contributed by atoms with Gasteiger partial charge in [-0.2, -0.15) is 0 Å². The van der Waals surface area contributed by atoms with Gasteiger partial charge in [0.1, 0.15) is 6.10 Å². The minimum atomic E-state index is -0.811. The van der Waals surface area contributed by atoms with Crippen LogP contribution in [0.5, 0.6) is 0 Å². The number of carbonyl (C=O) groups excluding carboxylic acids is 2. The van der Waals surface area contributed by atoms with Gasteiger partial charge in [-0.3, -0.25) is 9.59 Å². The van der Waals surface area contributed by atoms with Crippen LogP contribution in [0.4, 0.5) is 0 Å². The molecule has 3 N–H and O–H groups in total. The van der Waals surface area contributed by atoms with Crippen molar-refractivity contribution in [3.63, 3.8) is 0 Å². The molecule has 0 radical (unpaired) electrons. The van der Waals surface area contributed by atoms with Gasteiger partial charge in [0.15, 0.2) is 0 Å². The normalized spacial score (nSPS) is 13.8. The molecule has 6 heteroatoms. The van der Waals surface area contributed by atoms with Crippen LogP contribution in [0.3, 0.4) is 0 Å². The summed E-state index contributed by atoms with van der Waals surface area (Å²) in [4.78, 5) is 26.0. The maximum atomic E-state index is 13.1. The first-order valence-corrected chi connectivity index (χ1v) is 24.0.